The topological polar surface area (TPSA) is 104 Å². The number of amides is 1. The maximum absolute atomic E-state index is 12.4. The number of carbonyl (C=O) groups is 2. The summed E-state index contributed by atoms with van der Waals surface area (Å²) >= 11 is 1.13. The molecular weight excluding hydrogens is 344 g/mol. The number of aryl methyl sites for hydroxylation is 1. The lowest BCUT2D eigenvalue weighted by atomic mass is 10.2. The lowest BCUT2D eigenvalue weighted by molar-refractivity contribution is -0.122. The number of aromatic amines is 1. The number of aromatic nitrogens is 2. The first-order valence-corrected chi connectivity index (χ1v) is 8.74. The Morgan fingerprint density at radius 2 is 2.12 bits per heavy atom. The Bertz CT molecular complexity index is 843. The molecule has 0 saturated carbocycles. The maximum atomic E-state index is 12.4. The summed E-state index contributed by atoms with van der Waals surface area (Å²) in [6, 6.07) is 0. The first kappa shape index (κ1) is 19.1. The molecule has 2 heterocycles. The standard InChI is InChI=1S/C16H22N4O4S/c1-5-6-17-11(21)8-20(3)7-10-18-14(22)12-9(2)13(16(23)24-4)25-15(12)19-10/h5-8H2,1-4H3,(H,17,21)(H,18,19,22). The number of nitrogens with zero attached hydrogens (tertiary/aromatic N) is 2. The average Bonchev–Trinajstić information content (AvgIpc) is 2.89. The van der Waals surface area contributed by atoms with E-state index < -0.39 is 5.97 Å². The molecule has 25 heavy (non-hydrogen) atoms. The van der Waals surface area contributed by atoms with Crippen molar-refractivity contribution in [2.24, 2.45) is 0 Å². The highest BCUT2D eigenvalue weighted by Crippen LogP contribution is 2.27. The van der Waals surface area contributed by atoms with Gasteiger partial charge in [-0.15, -0.1) is 11.3 Å². The fraction of sp³-hybridized carbons (Fsp3) is 0.500. The average molecular weight is 366 g/mol. The number of hydrogen-bond acceptors (Lipinski definition) is 7. The molecule has 0 aromatic carbocycles. The Kier molecular flexibility index (Phi) is 6.27. The van der Waals surface area contributed by atoms with Crippen molar-refractivity contribution >= 4 is 33.4 Å². The van der Waals surface area contributed by atoms with Gasteiger partial charge >= 0.3 is 5.97 Å². The number of fused-ring (bicyclic) bond motifs is 1. The van der Waals surface area contributed by atoms with Crippen molar-refractivity contribution in [2.75, 3.05) is 27.2 Å². The molecule has 2 N–H and O–H groups in total. The van der Waals surface area contributed by atoms with Crippen LogP contribution >= 0.6 is 11.3 Å². The first-order chi connectivity index (χ1) is 11.9. The van der Waals surface area contributed by atoms with E-state index in [9.17, 15) is 14.4 Å². The number of methoxy groups -OCH3 is 1. The van der Waals surface area contributed by atoms with Crippen LogP contribution in [0.5, 0.6) is 0 Å². The maximum Gasteiger partial charge on any atom is 0.348 e. The third-order valence-electron chi connectivity index (χ3n) is 3.63. The molecule has 2 aromatic rings. The van der Waals surface area contributed by atoms with E-state index in [-0.39, 0.29) is 18.0 Å². The van der Waals surface area contributed by atoms with Crippen molar-refractivity contribution in [3.8, 4) is 0 Å². The Morgan fingerprint density at radius 3 is 2.76 bits per heavy atom. The smallest absolute Gasteiger partial charge is 0.348 e. The molecule has 9 heteroatoms. The zero-order chi connectivity index (χ0) is 18.6. The molecular formula is C16H22N4O4S. The number of likely N-dealkylation sites (N-methyl/N-ethyl adjacent to an activating group) is 1. The number of hydrogen-bond donors (Lipinski definition) is 2. The van der Waals surface area contributed by atoms with Gasteiger partial charge in [0.15, 0.2) is 0 Å². The van der Waals surface area contributed by atoms with Crippen molar-refractivity contribution in [1.29, 1.82) is 0 Å². The lowest BCUT2D eigenvalue weighted by Crippen LogP contribution is -2.35. The minimum absolute atomic E-state index is 0.0762. The lowest BCUT2D eigenvalue weighted by Gasteiger charge is -2.15. The highest BCUT2D eigenvalue weighted by atomic mass is 32.1. The summed E-state index contributed by atoms with van der Waals surface area (Å²) in [4.78, 5) is 45.6. The summed E-state index contributed by atoms with van der Waals surface area (Å²) in [6.07, 6.45) is 0.876. The van der Waals surface area contributed by atoms with Crippen LogP contribution in [0.3, 0.4) is 0 Å². The number of esters is 1. The summed E-state index contributed by atoms with van der Waals surface area (Å²) < 4.78 is 4.74. The molecule has 0 aliphatic heterocycles. The molecule has 8 nitrogen and oxygen atoms in total. The molecule has 0 radical (unpaired) electrons. The van der Waals surface area contributed by atoms with Crippen LogP contribution in [0, 0.1) is 6.92 Å². The van der Waals surface area contributed by atoms with Crippen LogP contribution in [-0.4, -0.2) is 54.0 Å². The van der Waals surface area contributed by atoms with Crippen LogP contribution in [0.2, 0.25) is 0 Å². The molecule has 0 spiro atoms. The van der Waals surface area contributed by atoms with Crippen molar-refractivity contribution in [2.45, 2.75) is 26.8 Å². The number of H-pyrrole nitrogens is 1. The van der Waals surface area contributed by atoms with Gasteiger partial charge in [-0.05, 0) is 26.0 Å². The summed E-state index contributed by atoms with van der Waals surface area (Å²) in [7, 11) is 3.07. The van der Waals surface area contributed by atoms with Crippen LogP contribution in [0.25, 0.3) is 10.2 Å². The van der Waals surface area contributed by atoms with Gasteiger partial charge in [-0.25, -0.2) is 9.78 Å². The van der Waals surface area contributed by atoms with Crippen LogP contribution < -0.4 is 10.9 Å². The van der Waals surface area contributed by atoms with Crippen LogP contribution in [0.4, 0.5) is 0 Å². The van der Waals surface area contributed by atoms with Crippen LogP contribution in [0.1, 0.15) is 34.4 Å². The Morgan fingerprint density at radius 1 is 1.40 bits per heavy atom. The summed E-state index contributed by atoms with van der Waals surface area (Å²) in [5, 5.41) is 3.20. The second kappa shape index (κ2) is 8.21. The number of nitrogens with one attached hydrogen (secondary N) is 2. The van der Waals surface area contributed by atoms with Gasteiger partial charge in [-0.3, -0.25) is 14.5 Å². The number of thiophene rings is 1. The Balaban J connectivity index is 2.21. The third kappa shape index (κ3) is 4.43. The second-order valence-electron chi connectivity index (χ2n) is 5.76. The predicted molar refractivity (Wildman–Crippen MR) is 96.0 cm³/mol. The molecule has 0 atom stereocenters. The van der Waals surface area contributed by atoms with Crippen molar-refractivity contribution in [3.05, 3.63) is 26.6 Å². The van der Waals surface area contributed by atoms with Crippen LogP contribution in [0.15, 0.2) is 4.79 Å². The zero-order valence-corrected chi connectivity index (χ0v) is 15.6. The van der Waals surface area contributed by atoms with Gasteiger partial charge in [0, 0.05) is 6.54 Å². The zero-order valence-electron chi connectivity index (χ0n) is 14.8. The van der Waals surface area contributed by atoms with E-state index in [1.165, 1.54) is 7.11 Å². The van der Waals surface area contributed by atoms with Gasteiger partial charge in [0.1, 0.15) is 15.5 Å². The quantitative estimate of drug-likeness (QED) is 0.710. The molecule has 0 fully saturated rings. The summed E-state index contributed by atoms with van der Waals surface area (Å²) in [5.74, 6) is -0.111. The van der Waals surface area contributed by atoms with Gasteiger partial charge < -0.3 is 15.0 Å². The monoisotopic (exact) mass is 366 g/mol. The fourth-order valence-corrected chi connectivity index (χ4v) is 3.55. The fourth-order valence-electron chi connectivity index (χ4n) is 2.43. The number of carbonyl (C=O) groups excluding carboxylic acids is 2. The van der Waals surface area contributed by atoms with Gasteiger partial charge in [-0.2, -0.15) is 0 Å². The molecule has 0 saturated heterocycles. The highest BCUT2D eigenvalue weighted by Gasteiger charge is 2.20. The third-order valence-corrected chi connectivity index (χ3v) is 4.79. The molecule has 0 aliphatic carbocycles. The van der Waals surface area contributed by atoms with Crippen molar-refractivity contribution in [1.82, 2.24) is 20.2 Å². The van der Waals surface area contributed by atoms with E-state index in [0.717, 1.165) is 17.8 Å². The van der Waals surface area contributed by atoms with E-state index in [2.05, 4.69) is 15.3 Å². The van der Waals surface area contributed by atoms with Crippen molar-refractivity contribution < 1.29 is 14.3 Å². The Labute approximate surface area is 149 Å². The first-order valence-electron chi connectivity index (χ1n) is 7.93. The molecule has 2 rings (SSSR count). The molecule has 0 bridgehead atoms. The largest absolute Gasteiger partial charge is 0.465 e. The Hall–Kier alpha value is -2.26. The van der Waals surface area contributed by atoms with E-state index in [0.29, 0.717) is 39.6 Å². The molecule has 0 unspecified atom stereocenters. The van der Waals surface area contributed by atoms with E-state index in [1.807, 2.05) is 6.92 Å². The van der Waals surface area contributed by atoms with Crippen LogP contribution in [-0.2, 0) is 16.1 Å². The van der Waals surface area contributed by atoms with Gasteiger partial charge in [0.2, 0.25) is 5.91 Å². The minimum atomic E-state index is -0.480. The van der Waals surface area contributed by atoms with E-state index in [1.54, 1.807) is 18.9 Å². The minimum Gasteiger partial charge on any atom is -0.465 e. The molecule has 0 aliphatic rings. The van der Waals surface area contributed by atoms with E-state index >= 15 is 0 Å². The number of ether oxygens (including phenoxy) is 1. The van der Waals surface area contributed by atoms with Crippen molar-refractivity contribution in [3.63, 3.8) is 0 Å². The molecule has 1 amide bonds. The van der Waals surface area contributed by atoms with Gasteiger partial charge in [0.05, 0.1) is 25.6 Å². The highest BCUT2D eigenvalue weighted by molar-refractivity contribution is 7.20. The van der Waals surface area contributed by atoms with Gasteiger partial charge in [-0.1, -0.05) is 6.92 Å². The second-order valence-corrected chi connectivity index (χ2v) is 6.76. The summed E-state index contributed by atoms with van der Waals surface area (Å²) in [6.45, 7) is 4.84. The molecule has 2 aromatic heterocycles. The predicted octanol–water partition coefficient (Wildman–Crippen LogP) is 1.04. The normalized spacial score (nSPS) is 11.1. The SMILES string of the molecule is CCCNC(=O)CN(C)Cc1nc2sc(C(=O)OC)c(C)c2c(=O)[nH]1. The van der Waals surface area contributed by atoms with E-state index in [4.69, 9.17) is 4.74 Å². The summed E-state index contributed by atoms with van der Waals surface area (Å²) in [5.41, 5.74) is 0.271. The number of rotatable bonds is 7. The molecule has 136 valence electrons. The van der Waals surface area contributed by atoms with Gasteiger partial charge in [0.25, 0.3) is 5.56 Å².